The first-order valence-corrected chi connectivity index (χ1v) is 7.89. The van der Waals surface area contributed by atoms with E-state index < -0.39 is 21.6 Å². The van der Waals surface area contributed by atoms with Gasteiger partial charge in [0.05, 0.1) is 21.6 Å². The Morgan fingerprint density at radius 3 is 1.62 bits per heavy atom. The molecule has 0 radical (unpaired) electrons. The molecule has 0 aromatic carbocycles. The van der Waals surface area contributed by atoms with Crippen LogP contribution in [-0.4, -0.2) is 19.9 Å². The molecular weight excluding hydrogens is 240 g/mol. The topological polar surface area (TPSA) is 34.1 Å². The van der Waals surface area contributed by atoms with Crippen LogP contribution in [-0.2, 0) is 21.6 Å². The molecule has 86 valence electrons. The van der Waals surface area contributed by atoms with E-state index in [-0.39, 0.29) is 0 Å². The molecule has 0 aliphatic heterocycles. The molecule has 2 nitrogen and oxygen atoms in total. The summed E-state index contributed by atoms with van der Waals surface area (Å²) in [4.78, 5) is 1.91. The monoisotopic (exact) mass is 254 g/mol. The van der Waals surface area contributed by atoms with Crippen molar-refractivity contribution in [3.8, 4) is 0 Å². The van der Waals surface area contributed by atoms with Gasteiger partial charge < -0.3 is 0 Å². The molecule has 0 fully saturated rings. The van der Waals surface area contributed by atoms with Crippen molar-refractivity contribution in [1.29, 1.82) is 0 Å². The smallest absolute Gasteiger partial charge is 0.0500 e. The number of hydrogen-bond acceptors (Lipinski definition) is 2. The van der Waals surface area contributed by atoms with Crippen LogP contribution in [0.2, 0.25) is 0 Å². The largest absolute Gasteiger partial charge is 0.255 e. The summed E-state index contributed by atoms with van der Waals surface area (Å²) in [7, 11) is -1.92. The standard InChI is InChI=1S/C12H14O2S2/c13-15(11-5-1-2-6-11)9-10-16(14)12-7-3-4-8-12/h1-5,7H,6,8-10H2. The third-order valence-electron chi connectivity index (χ3n) is 2.51. The van der Waals surface area contributed by atoms with E-state index >= 15 is 0 Å². The summed E-state index contributed by atoms with van der Waals surface area (Å²) in [6, 6.07) is 0. The fourth-order valence-electron chi connectivity index (χ4n) is 1.61. The molecule has 2 unspecified atom stereocenters. The molecule has 0 bridgehead atoms. The summed E-state index contributed by atoms with van der Waals surface area (Å²) in [5.41, 5.74) is 0. The van der Waals surface area contributed by atoms with Crippen molar-refractivity contribution in [3.05, 3.63) is 46.3 Å². The Morgan fingerprint density at radius 2 is 1.31 bits per heavy atom. The second-order valence-corrected chi connectivity index (χ2v) is 6.88. The van der Waals surface area contributed by atoms with E-state index in [1.807, 2.05) is 36.5 Å². The van der Waals surface area contributed by atoms with Gasteiger partial charge in [-0.2, -0.15) is 0 Å². The lowest BCUT2D eigenvalue weighted by Crippen LogP contribution is -2.09. The van der Waals surface area contributed by atoms with Gasteiger partial charge in [0.1, 0.15) is 0 Å². The van der Waals surface area contributed by atoms with Gasteiger partial charge in [0, 0.05) is 21.3 Å². The molecule has 0 heterocycles. The molecule has 2 aliphatic carbocycles. The Kier molecular flexibility index (Phi) is 4.07. The van der Waals surface area contributed by atoms with Gasteiger partial charge >= 0.3 is 0 Å². The van der Waals surface area contributed by atoms with Crippen molar-refractivity contribution in [3.63, 3.8) is 0 Å². The zero-order chi connectivity index (χ0) is 11.4. The summed E-state index contributed by atoms with van der Waals surface area (Å²) in [5.74, 6) is 0.995. The van der Waals surface area contributed by atoms with Crippen LogP contribution >= 0.6 is 0 Å². The average molecular weight is 254 g/mol. The van der Waals surface area contributed by atoms with E-state index in [0.717, 1.165) is 22.7 Å². The Morgan fingerprint density at radius 1 is 0.875 bits per heavy atom. The average Bonchev–Trinajstić information content (AvgIpc) is 2.95. The highest BCUT2D eigenvalue weighted by Gasteiger charge is 2.13. The quantitative estimate of drug-likeness (QED) is 0.753. The summed E-state index contributed by atoms with van der Waals surface area (Å²) in [6.45, 7) is 0. The molecule has 2 atom stereocenters. The van der Waals surface area contributed by atoms with Crippen LogP contribution < -0.4 is 0 Å². The third-order valence-corrected chi connectivity index (χ3v) is 5.70. The van der Waals surface area contributed by atoms with E-state index in [2.05, 4.69) is 0 Å². The van der Waals surface area contributed by atoms with Crippen LogP contribution in [0.15, 0.2) is 46.3 Å². The summed E-state index contributed by atoms with van der Waals surface area (Å²) in [5, 5.41) is 0. The number of rotatable bonds is 5. The molecule has 16 heavy (non-hydrogen) atoms. The van der Waals surface area contributed by atoms with Gasteiger partial charge in [0.25, 0.3) is 0 Å². The maximum Gasteiger partial charge on any atom is 0.0500 e. The predicted octanol–water partition coefficient (Wildman–Crippen LogP) is 2.17. The fraction of sp³-hybridized carbons (Fsp3) is 0.333. The predicted molar refractivity (Wildman–Crippen MR) is 69.7 cm³/mol. The first kappa shape index (κ1) is 11.7. The van der Waals surface area contributed by atoms with Crippen LogP contribution in [0.25, 0.3) is 0 Å². The van der Waals surface area contributed by atoms with Crippen LogP contribution in [0.3, 0.4) is 0 Å². The van der Waals surface area contributed by atoms with E-state index in [0.29, 0.717) is 11.5 Å². The molecule has 0 spiro atoms. The number of allylic oxidation sites excluding steroid dienone is 8. The summed E-state index contributed by atoms with van der Waals surface area (Å²) in [6.07, 6.45) is 13.2. The van der Waals surface area contributed by atoms with Crippen molar-refractivity contribution in [2.45, 2.75) is 12.8 Å². The van der Waals surface area contributed by atoms with Crippen molar-refractivity contribution in [2.24, 2.45) is 0 Å². The van der Waals surface area contributed by atoms with E-state index in [1.165, 1.54) is 0 Å². The third kappa shape index (κ3) is 2.89. The molecule has 0 saturated carbocycles. The normalized spacial score (nSPS) is 22.0. The molecule has 2 rings (SSSR count). The molecule has 0 aromatic heterocycles. The molecule has 0 saturated heterocycles. The minimum Gasteiger partial charge on any atom is -0.255 e. The molecule has 0 N–H and O–H groups in total. The van der Waals surface area contributed by atoms with E-state index in [4.69, 9.17) is 0 Å². The maximum absolute atomic E-state index is 11.8. The lowest BCUT2D eigenvalue weighted by Gasteiger charge is -2.04. The lowest BCUT2D eigenvalue weighted by molar-refractivity contribution is 0.681. The van der Waals surface area contributed by atoms with Gasteiger partial charge in [-0.3, -0.25) is 8.42 Å². The van der Waals surface area contributed by atoms with Gasteiger partial charge in [0.2, 0.25) is 0 Å². The van der Waals surface area contributed by atoms with Crippen molar-refractivity contribution < 1.29 is 8.42 Å². The van der Waals surface area contributed by atoms with Gasteiger partial charge in [0.15, 0.2) is 0 Å². The zero-order valence-corrected chi connectivity index (χ0v) is 10.6. The van der Waals surface area contributed by atoms with Crippen molar-refractivity contribution >= 4 is 21.6 Å². The van der Waals surface area contributed by atoms with Gasteiger partial charge in [-0.25, -0.2) is 0 Å². The highest BCUT2D eigenvalue weighted by Crippen LogP contribution is 2.17. The van der Waals surface area contributed by atoms with Crippen molar-refractivity contribution in [1.82, 2.24) is 0 Å². The van der Waals surface area contributed by atoms with Crippen LogP contribution in [0.4, 0.5) is 0 Å². The SMILES string of the molecule is O=S(CCS(=O)C1=CC=CC1)C1=CC=CC1. The van der Waals surface area contributed by atoms with Crippen LogP contribution in [0.1, 0.15) is 12.8 Å². The molecule has 2 aliphatic rings. The Hall–Kier alpha value is -0.740. The Bertz CT molecular complexity index is 400. The van der Waals surface area contributed by atoms with E-state index in [9.17, 15) is 8.42 Å². The molecular formula is C12H14O2S2. The van der Waals surface area contributed by atoms with Gasteiger partial charge in [-0.05, 0) is 12.8 Å². The highest BCUT2D eigenvalue weighted by molar-refractivity contribution is 7.92. The first-order chi connectivity index (χ1) is 7.77. The second kappa shape index (κ2) is 5.55. The van der Waals surface area contributed by atoms with E-state index in [1.54, 1.807) is 0 Å². The minimum atomic E-state index is -0.958. The summed E-state index contributed by atoms with van der Waals surface area (Å²) >= 11 is 0. The molecule has 4 heteroatoms. The van der Waals surface area contributed by atoms with Gasteiger partial charge in [-0.1, -0.05) is 36.5 Å². The second-order valence-electron chi connectivity index (χ2n) is 3.63. The van der Waals surface area contributed by atoms with Crippen LogP contribution in [0, 0.1) is 0 Å². The van der Waals surface area contributed by atoms with Gasteiger partial charge in [-0.15, -0.1) is 0 Å². The summed E-state index contributed by atoms with van der Waals surface area (Å²) < 4.78 is 23.6. The Balaban J connectivity index is 1.79. The fourth-order valence-corrected chi connectivity index (χ4v) is 4.37. The first-order valence-electron chi connectivity index (χ1n) is 5.25. The number of hydrogen-bond donors (Lipinski definition) is 0. The molecule has 0 amide bonds. The highest BCUT2D eigenvalue weighted by atomic mass is 32.2. The molecule has 0 aromatic rings. The Labute approximate surface area is 101 Å². The maximum atomic E-state index is 11.8. The van der Waals surface area contributed by atoms with Crippen LogP contribution in [0.5, 0.6) is 0 Å². The van der Waals surface area contributed by atoms with Crippen molar-refractivity contribution in [2.75, 3.05) is 11.5 Å². The minimum absolute atomic E-state index is 0.497. The zero-order valence-electron chi connectivity index (χ0n) is 8.93. The lowest BCUT2D eigenvalue weighted by atomic mass is 10.5.